The van der Waals surface area contributed by atoms with E-state index in [-0.39, 0.29) is 6.92 Å². The Bertz CT molecular complexity index is 93.9. The van der Waals surface area contributed by atoms with Gasteiger partial charge in [-0.15, -0.1) is 0 Å². The van der Waals surface area contributed by atoms with Gasteiger partial charge < -0.3 is 0 Å². The SMILES string of the molecule is CC(F)(F)C(F)C(F)(F)F. The van der Waals surface area contributed by atoms with Gasteiger partial charge in [0.2, 0.25) is 0 Å². The normalized spacial score (nSPS) is 17.1. The first kappa shape index (κ1) is 9.58. The topological polar surface area (TPSA) is 0 Å². The largest absolute Gasteiger partial charge is 0.425 e. The lowest BCUT2D eigenvalue weighted by Gasteiger charge is -2.17. The average Bonchev–Trinajstić information content (AvgIpc) is 1.59. The third-order valence-corrected chi connectivity index (χ3v) is 0.732. The van der Waals surface area contributed by atoms with Crippen molar-refractivity contribution in [2.75, 3.05) is 0 Å². The van der Waals surface area contributed by atoms with Gasteiger partial charge in [0.15, 0.2) is 0 Å². The third kappa shape index (κ3) is 2.45. The Labute approximate surface area is 52.8 Å². The summed E-state index contributed by atoms with van der Waals surface area (Å²) in [6.45, 7) is -0.120. The average molecular weight is 166 g/mol. The second-order valence-electron chi connectivity index (χ2n) is 1.86. The zero-order valence-electron chi connectivity index (χ0n) is 4.85. The Morgan fingerprint density at radius 1 is 1.00 bits per heavy atom. The number of hydrogen-bond donors (Lipinski definition) is 0. The highest BCUT2D eigenvalue weighted by Gasteiger charge is 2.53. The highest BCUT2D eigenvalue weighted by molar-refractivity contribution is 4.78. The van der Waals surface area contributed by atoms with Crippen LogP contribution in [0.25, 0.3) is 0 Å². The van der Waals surface area contributed by atoms with Crippen LogP contribution in [0.1, 0.15) is 6.92 Å². The molecule has 62 valence electrons. The molecule has 0 spiro atoms. The lowest BCUT2D eigenvalue weighted by atomic mass is 10.2. The van der Waals surface area contributed by atoms with Crippen LogP contribution in [-0.4, -0.2) is 18.3 Å². The smallest absolute Gasteiger partial charge is 0.231 e. The molecule has 0 aromatic rings. The van der Waals surface area contributed by atoms with Crippen molar-refractivity contribution in [3.63, 3.8) is 0 Å². The van der Waals surface area contributed by atoms with Crippen molar-refractivity contribution in [1.29, 1.82) is 0 Å². The standard InChI is InChI=1S/C4H4F6/c1-3(6,7)2(5)4(8,9)10/h2H,1H3. The minimum Gasteiger partial charge on any atom is -0.231 e. The summed E-state index contributed by atoms with van der Waals surface area (Å²) in [5.74, 6) is -4.35. The molecule has 1 unspecified atom stereocenters. The molecule has 0 rings (SSSR count). The molecule has 0 radical (unpaired) electrons. The van der Waals surface area contributed by atoms with Gasteiger partial charge in [-0.1, -0.05) is 0 Å². The van der Waals surface area contributed by atoms with Gasteiger partial charge >= 0.3 is 6.18 Å². The van der Waals surface area contributed by atoms with Crippen molar-refractivity contribution in [3.05, 3.63) is 0 Å². The van der Waals surface area contributed by atoms with Gasteiger partial charge in [-0.25, -0.2) is 13.2 Å². The summed E-state index contributed by atoms with van der Waals surface area (Å²) in [6.07, 6.45) is -9.54. The van der Waals surface area contributed by atoms with Crippen LogP contribution in [0.4, 0.5) is 26.3 Å². The zero-order valence-corrected chi connectivity index (χ0v) is 4.85. The Morgan fingerprint density at radius 2 is 1.30 bits per heavy atom. The van der Waals surface area contributed by atoms with E-state index in [0.29, 0.717) is 0 Å². The van der Waals surface area contributed by atoms with Crippen molar-refractivity contribution >= 4 is 0 Å². The van der Waals surface area contributed by atoms with Crippen molar-refractivity contribution in [2.45, 2.75) is 25.2 Å². The van der Waals surface area contributed by atoms with Crippen LogP contribution < -0.4 is 0 Å². The zero-order chi connectivity index (χ0) is 8.58. The lowest BCUT2D eigenvalue weighted by molar-refractivity contribution is -0.238. The quantitative estimate of drug-likeness (QED) is 0.525. The Hall–Kier alpha value is -0.420. The maximum absolute atomic E-state index is 11.5. The van der Waals surface area contributed by atoms with Gasteiger partial charge in [-0.2, -0.15) is 13.2 Å². The fraction of sp³-hybridized carbons (Fsp3) is 1.00. The van der Waals surface area contributed by atoms with E-state index in [2.05, 4.69) is 0 Å². The first-order valence-corrected chi connectivity index (χ1v) is 2.24. The predicted octanol–water partition coefficient (Wildman–Crippen LogP) is 2.54. The van der Waals surface area contributed by atoms with Crippen LogP contribution in [0.3, 0.4) is 0 Å². The van der Waals surface area contributed by atoms with Gasteiger partial charge in [0.25, 0.3) is 12.1 Å². The first-order chi connectivity index (χ1) is 4.15. The molecule has 0 nitrogen and oxygen atoms in total. The molecular weight excluding hydrogens is 162 g/mol. The van der Waals surface area contributed by atoms with Gasteiger partial charge in [0, 0.05) is 6.92 Å². The third-order valence-electron chi connectivity index (χ3n) is 0.732. The van der Waals surface area contributed by atoms with Crippen LogP contribution in [-0.2, 0) is 0 Å². The minimum absolute atomic E-state index is 0.120. The van der Waals surface area contributed by atoms with E-state index in [9.17, 15) is 26.3 Å². The molecule has 0 fully saturated rings. The van der Waals surface area contributed by atoms with Gasteiger partial charge in [0.1, 0.15) is 0 Å². The molecule has 0 aliphatic heterocycles. The van der Waals surface area contributed by atoms with E-state index in [0.717, 1.165) is 0 Å². The molecule has 6 heteroatoms. The second kappa shape index (κ2) is 2.32. The van der Waals surface area contributed by atoms with Crippen LogP contribution in [0.15, 0.2) is 0 Å². The number of halogens is 6. The molecule has 1 atom stereocenters. The molecule has 0 saturated carbocycles. The van der Waals surface area contributed by atoms with Crippen molar-refractivity contribution in [1.82, 2.24) is 0 Å². The highest BCUT2D eigenvalue weighted by atomic mass is 19.4. The fourth-order valence-electron chi connectivity index (χ4n) is 0.287. The molecule has 0 aliphatic rings. The van der Waals surface area contributed by atoms with E-state index in [4.69, 9.17) is 0 Å². The number of hydrogen-bond acceptors (Lipinski definition) is 0. The fourth-order valence-corrected chi connectivity index (χ4v) is 0.287. The summed E-state index contributed by atoms with van der Waals surface area (Å²) in [5, 5.41) is 0. The van der Waals surface area contributed by atoms with Gasteiger partial charge in [-0.05, 0) is 0 Å². The highest BCUT2D eigenvalue weighted by Crippen LogP contribution is 2.33. The molecule has 0 amide bonds. The molecule has 10 heavy (non-hydrogen) atoms. The maximum atomic E-state index is 11.5. The first-order valence-electron chi connectivity index (χ1n) is 2.24. The number of rotatable bonds is 1. The van der Waals surface area contributed by atoms with Crippen LogP contribution in [0.5, 0.6) is 0 Å². The lowest BCUT2D eigenvalue weighted by Crippen LogP contribution is -2.39. The van der Waals surface area contributed by atoms with E-state index in [1.165, 1.54) is 0 Å². The summed E-state index contributed by atoms with van der Waals surface area (Å²) in [5.41, 5.74) is 0. The summed E-state index contributed by atoms with van der Waals surface area (Å²) in [7, 11) is 0. The summed E-state index contributed by atoms with van der Waals surface area (Å²) in [4.78, 5) is 0. The van der Waals surface area contributed by atoms with Gasteiger partial charge in [-0.3, -0.25) is 0 Å². The molecular formula is C4H4F6. The van der Waals surface area contributed by atoms with Crippen molar-refractivity contribution in [2.24, 2.45) is 0 Å². The summed E-state index contributed by atoms with van der Waals surface area (Å²) >= 11 is 0. The minimum atomic E-state index is -5.47. The molecule has 0 saturated heterocycles. The van der Waals surface area contributed by atoms with Crippen LogP contribution in [0.2, 0.25) is 0 Å². The van der Waals surface area contributed by atoms with Gasteiger partial charge in [0.05, 0.1) is 0 Å². The monoisotopic (exact) mass is 166 g/mol. The summed E-state index contributed by atoms with van der Waals surface area (Å²) in [6, 6.07) is 0. The van der Waals surface area contributed by atoms with E-state index in [1.54, 1.807) is 0 Å². The Kier molecular flexibility index (Phi) is 2.22. The second-order valence-corrected chi connectivity index (χ2v) is 1.86. The molecule has 0 N–H and O–H groups in total. The van der Waals surface area contributed by atoms with Crippen molar-refractivity contribution in [3.8, 4) is 0 Å². The Balaban J connectivity index is 4.23. The molecule has 0 bridgehead atoms. The summed E-state index contributed by atoms with van der Waals surface area (Å²) < 4.78 is 67.8. The van der Waals surface area contributed by atoms with Crippen LogP contribution >= 0.6 is 0 Å². The van der Waals surface area contributed by atoms with E-state index < -0.39 is 18.3 Å². The van der Waals surface area contributed by atoms with Crippen LogP contribution in [0, 0.1) is 0 Å². The Morgan fingerprint density at radius 3 is 1.30 bits per heavy atom. The molecule has 0 aromatic heterocycles. The number of alkyl halides is 6. The van der Waals surface area contributed by atoms with E-state index >= 15 is 0 Å². The molecule has 0 aromatic carbocycles. The predicted molar refractivity (Wildman–Crippen MR) is 21.6 cm³/mol. The van der Waals surface area contributed by atoms with Crippen molar-refractivity contribution < 1.29 is 26.3 Å². The molecule has 0 aliphatic carbocycles. The maximum Gasteiger partial charge on any atom is 0.425 e. The molecule has 0 heterocycles. The van der Waals surface area contributed by atoms with E-state index in [1.807, 2.05) is 0 Å².